The molecule has 0 saturated carbocycles. The van der Waals surface area contributed by atoms with E-state index in [-0.39, 0.29) is 16.1 Å². The van der Waals surface area contributed by atoms with Crippen LogP contribution in [0.15, 0.2) is 95.9 Å². The molecule has 0 spiro atoms. The first kappa shape index (κ1) is 21.4. The highest BCUT2D eigenvalue weighted by Gasteiger charge is 2.26. The Kier molecular flexibility index (Phi) is 5.54. The fraction of sp³-hybridized carbons (Fsp3) is 0. The van der Waals surface area contributed by atoms with E-state index in [0.29, 0.717) is 16.8 Å². The van der Waals surface area contributed by atoms with Gasteiger partial charge in [-0.2, -0.15) is 0 Å². The van der Waals surface area contributed by atoms with Crippen molar-refractivity contribution in [3.05, 3.63) is 96.6 Å². The summed E-state index contributed by atoms with van der Waals surface area (Å²) in [5, 5.41) is 16.0. The van der Waals surface area contributed by atoms with Crippen LogP contribution in [0.2, 0.25) is 0 Å². The zero-order chi connectivity index (χ0) is 23.5. The minimum absolute atomic E-state index is 0.00702. The number of nitrogens with one attached hydrogen (secondary N) is 2. The minimum atomic E-state index is -4.00. The molecule has 34 heavy (non-hydrogen) atoms. The van der Waals surface area contributed by atoms with E-state index in [4.69, 9.17) is 0 Å². The van der Waals surface area contributed by atoms with Gasteiger partial charge in [-0.3, -0.25) is 10.2 Å². The van der Waals surface area contributed by atoms with Crippen LogP contribution < -0.4 is 10.3 Å². The highest BCUT2D eigenvalue weighted by atomic mass is 32.2. The molecule has 0 radical (unpaired) electrons. The molecular formula is C23H17N7O3S. The summed E-state index contributed by atoms with van der Waals surface area (Å²) in [7, 11) is -4.00. The van der Waals surface area contributed by atoms with E-state index < -0.39 is 15.9 Å². The molecule has 0 unspecified atom stereocenters. The number of nitrogens with zero attached hydrogens (tertiary/aromatic N) is 5. The van der Waals surface area contributed by atoms with Crippen molar-refractivity contribution >= 4 is 21.6 Å². The van der Waals surface area contributed by atoms with E-state index in [1.54, 1.807) is 18.2 Å². The number of hydrogen-bond acceptors (Lipinski definition) is 7. The van der Waals surface area contributed by atoms with Gasteiger partial charge in [0.1, 0.15) is 5.69 Å². The van der Waals surface area contributed by atoms with Gasteiger partial charge in [0, 0.05) is 11.1 Å². The molecule has 1 amide bonds. The summed E-state index contributed by atoms with van der Waals surface area (Å²) in [6, 6.07) is 26.2. The second-order valence-electron chi connectivity index (χ2n) is 7.20. The Labute approximate surface area is 194 Å². The van der Waals surface area contributed by atoms with Crippen molar-refractivity contribution in [3.63, 3.8) is 0 Å². The summed E-state index contributed by atoms with van der Waals surface area (Å²) < 4.78 is 26.4. The van der Waals surface area contributed by atoms with E-state index >= 15 is 0 Å². The van der Waals surface area contributed by atoms with Gasteiger partial charge < -0.3 is 0 Å². The maximum absolute atomic E-state index is 13.4. The van der Waals surface area contributed by atoms with Gasteiger partial charge in [0.2, 0.25) is 5.65 Å². The monoisotopic (exact) mass is 471 g/mol. The van der Waals surface area contributed by atoms with Crippen LogP contribution in [0.3, 0.4) is 0 Å². The molecule has 10 nitrogen and oxygen atoms in total. The molecule has 2 aromatic heterocycles. The molecule has 3 aromatic carbocycles. The lowest BCUT2D eigenvalue weighted by Gasteiger charge is -2.15. The Morgan fingerprint density at radius 1 is 0.794 bits per heavy atom. The lowest BCUT2D eigenvalue weighted by atomic mass is 9.95. The number of carbonyl (C=O) groups is 1. The quantitative estimate of drug-likeness (QED) is 0.364. The summed E-state index contributed by atoms with van der Waals surface area (Å²) in [4.78, 5) is 15.6. The van der Waals surface area contributed by atoms with Crippen molar-refractivity contribution < 1.29 is 13.2 Å². The van der Waals surface area contributed by atoms with E-state index in [0.717, 1.165) is 10.2 Å². The molecule has 0 aliphatic heterocycles. The molecule has 0 bridgehead atoms. The third-order valence-corrected chi connectivity index (χ3v) is 6.31. The predicted molar refractivity (Wildman–Crippen MR) is 124 cm³/mol. The van der Waals surface area contributed by atoms with Crippen LogP contribution in [-0.2, 0) is 10.0 Å². The summed E-state index contributed by atoms with van der Waals surface area (Å²) in [6.07, 6.45) is 0. The minimum Gasteiger partial charge on any atom is -0.273 e. The number of aromatic nitrogens is 5. The van der Waals surface area contributed by atoms with Crippen LogP contribution in [-0.4, -0.2) is 39.6 Å². The Bertz CT molecular complexity index is 1570. The van der Waals surface area contributed by atoms with Crippen molar-refractivity contribution in [1.82, 2.24) is 35.5 Å². The molecule has 0 atom stereocenters. The van der Waals surface area contributed by atoms with Crippen molar-refractivity contribution in [2.75, 3.05) is 0 Å². The first-order valence-electron chi connectivity index (χ1n) is 10.1. The average molecular weight is 472 g/mol. The molecule has 11 heteroatoms. The Hall–Kier alpha value is -4.48. The van der Waals surface area contributed by atoms with Gasteiger partial charge in [-0.25, -0.2) is 8.42 Å². The zero-order valence-corrected chi connectivity index (χ0v) is 18.3. The number of amides is 1. The smallest absolute Gasteiger partial charge is 0.270 e. The molecule has 2 heterocycles. The third-order valence-electron chi connectivity index (χ3n) is 5.05. The molecule has 168 valence electrons. The molecular weight excluding hydrogens is 454 g/mol. The number of hydrazine groups is 1. The van der Waals surface area contributed by atoms with Crippen LogP contribution >= 0.6 is 0 Å². The fourth-order valence-electron chi connectivity index (χ4n) is 3.51. The number of benzene rings is 3. The molecule has 5 aromatic rings. The van der Waals surface area contributed by atoms with Crippen LogP contribution in [0.5, 0.6) is 0 Å². The number of carbonyl (C=O) groups excluding carboxylic acids is 1. The topological polar surface area (TPSA) is 131 Å². The standard InChI is InChI=1S/C23H17N7O3S/c31-23(25-29-34(32,33)18-14-8-3-9-15-18)20-19(16-10-4-1-5-11-16)21(17-12-6-2-7-13-17)26-30-22(20)24-27-28-30/h1-15,29H,(H,25,31). The van der Waals surface area contributed by atoms with Crippen LogP contribution in [0.1, 0.15) is 10.4 Å². The van der Waals surface area contributed by atoms with Crippen LogP contribution in [0.4, 0.5) is 0 Å². The van der Waals surface area contributed by atoms with Crippen molar-refractivity contribution in [2.45, 2.75) is 4.90 Å². The van der Waals surface area contributed by atoms with Crippen molar-refractivity contribution in [2.24, 2.45) is 0 Å². The van der Waals surface area contributed by atoms with Gasteiger partial charge in [-0.15, -0.1) is 19.7 Å². The fourth-order valence-corrected chi connectivity index (χ4v) is 4.37. The van der Waals surface area contributed by atoms with Gasteiger partial charge in [-0.1, -0.05) is 78.9 Å². The normalized spacial score (nSPS) is 11.4. The molecule has 0 aliphatic carbocycles. The second kappa shape index (κ2) is 8.81. The van der Waals surface area contributed by atoms with Gasteiger partial charge in [0.05, 0.1) is 10.5 Å². The van der Waals surface area contributed by atoms with E-state index in [2.05, 4.69) is 30.9 Å². The van der Waals surface area contributed by atoms with Gasteiger partial charge in [0.15, 0.2) is 0 Å². The van der Waals surface area contributed by atoms with Crippen LogP contribution in [0, 0.1) is 0 Å². The Morgan fingerprint density at radius 2 is 1.38 bits per heavy atom. The number of rotatable bonds is 6. The van der Waals surface area contributed by atoms with Gasteiger partial charge in [0.25, 0.3) is 15.9 Å². The largest absolute Gasteiger partial charge is 0.273 e. The third kappa shape index (κ3) is 4.00. The zero-order valence-electron chi connectivity index (χ0n) is 17.5. The lowest BCUT2D eigenvalue weighted by molar-refractivity contribution is 0.0946. The lowest BCUT2D eigenvalue weighted by Crippen LogP contribution is -2.42. The number of hydrogen-bond donors (Lipinski definition) is 2. The molecule has 5 rings (SSSR count). The first-order chi connectivity index (χ1) is 16.5. The summed E-state index contributed by atoms with van der Waals surface area (Å²) in [6.45, 7) is 0. The van der Waals surface area contributed by atoms with Crippen molar-refractivity contribution in [1.29, 1.82) is 0 Å². The first-order valence-corrected chi connectivity index (χ1v) is 11.6. The number of tetrazole rings is 1. The van der Waals surface area contributed by atoms with Gasteiger partial charge in [-0.05, 0) is 28.1 Å². The van der Waals surface area contributed by atoms with Crippen molar-refractivity contribution in [3.8, 4) is 22.4 Å². The average Bonchev–Trinajstić information content (AvgIpc) is 3.36. The Balaban J connectivity index is 1.65. The van der Waals surface area contributed by atoms with E-state index in [1.807, 2.05) is 60.7 Å². The molecule has 2 N–H and O–H groups in total. The second-order valence-corrected chi connectivity index (χ2v) is 8.88. The molecule has 0 fully saturated rings. The van der Waals surface area contributed by atoms with Crippen LogP contribution in [0.25, 0.3) is 28.0 Å². The summed E-state index contributed by atoms with van der Waals surface area (Å²) in [5.41, 5.74) is 4.79. The molecule has 0 saturated heterocycles. The highest BCUT2D eigenvalue weighted by Crippen LogP contribution is 2.34. The van der Waals surface area contributed by atoms with Gasteiger partial charge >= 0.3 is 0 Å². The van der Waals surface area contributed by atoms with E-state index in [1.165, 1.54) is 12.1 Å². The maximum atomic E-state index is 13.4. The summed E-state index contributed by atoms with van der Waals surface area (Å²) >= 11 is 0. The highest BCUT2D eigenvalue weighted by molar-refractivity contribution is 7.89. The summed E-state index contributed by atoms with van der Waals surface area (Å²) in [5.74, 6) is -0.738. The number of fused-ring (bicyclic) bond motifs is 1. The predicted octanol–water partition coefficient (Wildman–Crippen LogP) is 2.48. The maximum Gasteiger partial charge on any atom is 0.270 e. The SMILES string of the molecule is O=C(NNS(=O)(=O)c1ccccc1)c1c(-c2ccccc2)c(-c2ccccc2)nn2nnnc12. The van der Waals surface area contributed by atoms with E-state index in [9.17, 15) is 13.2 Å². The molecule has 0 aliphatic rings. The number of sulfonamides is 1. The Morgan fingerprint density at radius 3 is 2.03 bits per heavy atom.